The first-order chi connectivity index (χ1) is 12.3. The number of piperidine rings is 1. The monoisotopic (exact) mass is 397 g/mol. The fourth-order valence-corrected chi connectivity index (χ4v) is 5.07. The molecule has 7 nitrogen and oxygen atoms in total. The molecule has 1 aromatic heterocycles. The van der Waals surface area contributed by atoms with Crippen LogP contribution in [0.3, 0.4) is 0 Å². The van der Waals surface area contributed by atoms with Crippen molar-refractivity contribution in [1.82, 2.24) is 9.46 Å². The number of rotatable bonds is 4. The summed E-state index contributed by atoms with van der Waals surface area (Å²) in [4.78, 5) is 12.6. The van der Waals surface area contributed by atoms with Crippen LogP contribution in [0.1, 0.15) is 24.3 Å². The average molecular weight is 398 g/mol. The minimum Gasteiger partial charge on any atom is -0.360 e. The molecule has 0 saturated carbocycles. The molecular formula is C17H20ClN3O4S. The highest BCUT2D eigenvalue weighted by Crippen LogP contribution is 2.28. The third-order valence-electron chi connectivity index (χ3n) is 4.43. The molecule has 1 aliphatic heterocycles. The minimum atomic E-state index is -3.75. The summed E-state index contributed by atoms with van der Waals surface area (Å²) in [5.41, 5.74) is 0.959. The van der Waals surface area contributed by atoms with Gasteiger partial charge in [-0.15, -0.1) is 0 Å². The lowest BCUT2D eigenvalue weighted by atomic mass is 9.99. The number of nitrogens with zero attached hydrogens (tertiary/aromatic N) is 2. The predicted octanol–water partition coefficient (Wildman–Crippen LogP) is 2.98. The Morgan fingerprint density at radius 1 is 1.31 bits per heavy atom. The molecule has 0 unspecified atom stereocenters. The standard InChI is InChI=1S/C17H20ClN3O4S/c1-11-16(12(2)25-20-11)26(23,24)21-9-3-4-13(10-21)17(22)19-15-7-5-14(18)6-8-15/h5-8,13H,3-4,9-10H2,1-2H3,(H,19,22)/t13-/m0/s1. The number of sulfonamides is 1. The highest BCUT2D eigenvalue weighted by molar-refractivity contribution is 7.89. The number of benzene rings is 1. The van der Waals surface area contributed by atoms with Crippen LogP contribution >= 0.6 is 11.6 Å². The van der Waals surface area contributed by atoms with Crippen molar-refractivity contribution in [1.29, 1.82) is 0 Å². The molecule has 0 spiro atoms. The van der Waals surface area contributed by atoms with Gasteiger partial charge in [0.15, 0.2) is 5.76 Å². The Labute approximate surface area is 157 Å². The van der Waals surface area contributed by atoms with Gasteiger partial charge >= 0.3 is 0 Å². The third kappa shape index (κ3) is 3.77. The summed E-state index contributed by atoms with van der Waals surface area (Å²) in [6.45, 7) is 3.67. The van der Waals surface area contributed by atoms with Crippen molar-refractivity contribution < 1.29 is 17.7 Å². The number of hydrogen-bond donors (Lipinski definition) is 1. The molecule has 9 heteroatoms. The molecule has 1 aromatic carbocycles. The Morgan fingerprint density at radius 3 is 2.62 bits per heavy atom. The van der Waals surface area contributed by atoms with E-state index in [1.54, 1.807) is 38.1 Å². The first kappa shape index (κ1) is 18.9. The molecule has 140 valence electrons. The maximum atomic E-state index is 12.9. The Morgan fingerprint density at radius 2 is 2.00 bits per heavy atom. The molecule has 0 bridgehead atoms. The highest BCUT2D eigenvalue weighted by Gasteiger charge is 2.36. The van der Waals surface area contributed by atoms with Crippen LogP contribution < -0.4 is 5.32 Å². The number of aryl methyl sites for hydroxylation is 2. The molecular weight excluding hydrogens is 378 g/mol. The van der Waals surface area contributed by atoms with E-state index in [2.05, 4.69) is 10.5 Å². The van der Waals surface area contributed by atoms with Crippen molar-refractivity contribution in [2.24, 2.45) is 5.92 Å². The zero-order valence-corrected chi connectivity index (χ0v) is 16.1. The second-order valence-corrected chi connectivity index (χ2v) is 8.66. The lowest BCUT2D eigenvalue weighted by Gasteiger charge is -2.31. The van der Waals surface area contributed by atoms with Crippen molar-refractivity contribution in [3.8, 4) is 0 Å². The van der Waals surface area contributed by atoms with Crippen molar-refractivity contribution in [3.05, 3.63) is 40.7 Å². The Bertz CT molecular complexity index is 889. The summed E-state index contributed by atoms with van der Waals surface area (Å²) in [7, 11) is -3.75. The molecule has 1 atom stereocenters. The van der Waals surface area contributed by atoms with Crippen LogP contribution in [0.2, 0.25) is 5.02 Å². The number of aromatic nitrogens is 1. The number of hydrogen-bond acceptors (Lipinski definition) is 5. The Kier molecular flexibility index (Phi) is 5.36. The first-order valence-electron chi connectivity index (χ1n) is 8.28. The maximum Gasteiger partial charge on any atom is 0.248 e. The van der Waals surface area contributed by atoms with E-state index in [9.17, 15) is 13.2 Å². The molecule has 2 heterocycles. The van der Waals surface area contributed by atoms with E-state index < -0.39 is 15.9 Å². The van der Waals surface area contributed by atoms with E-state index in [1.165, 1.54) is 4.31 Å². The predicted molar refractivity (Wildman–Crippen MR) is 97.5 cm³/mol. The number of halogens is 1. The number of anilines is 1. The third-order valence-corrected chi connectivity index (χ3v) is 6.79. The number of carbonyl (C=O) groups excluding carboxylic acids is 1. The molecule has 1 aliphatic rings. The molecule has 1 amide bonds. The lowest BCUT2D eigenvalue weighted by Crippen LogP contribution is -2.43. The molecule has 3 rings (SSSR count). The van der Waals surface area contributed by atoms with Gasteiger partial charge in [-0.1, -0.05) is 16.8 Å². The van der Waals surface area contributed by atoms with Gasteiger partial charge < -0.3 is 9.84 Å². The SMILES string of the molecule is Cc1noc(C)c1S(=O)(=O)N1CCC[C@H](C(=O)Nc2ccc(Cl)cc2)C1. The molecule has 26 heavy (non-hydrogen) atoms. The Hall–Kier alpha value is -1.90. The van der Waals surface area contributed by atoms with Crippen LogP contribution in [0.15, 0.2) is 33.7 Å². The quantitative estimate of drug-likeness (QED) is 0.856. The summed E-state index contributed by atoms with van der Waals surface area (Å²) in [5.74, 6) is -0.365. The number of carbonyl (C=O) groups is 1. The van der Waals surface area contributed by atoms with Gasteiger partial charge in [0.25, 0.3) is 0 Å². The van der Waals surface area contributed by atoms with E-state index in [-0.39, 0.29) is 23.1 Å². The van der Waals surface area contributed by atoms with Gasteiger partial charge in [-0.05, 0) is 51.0 Å². The summed E-state index contributed by atoms with van der Waals surface area (Å²) in [6.07, 6.45) is 1.24. The van der Waals surface area contributed by atoms with Gasteiger partial charge in [0.05, 0.1) is 5.92 Å². The van der Waals surface area contributed by atoms with E-state index in [1.807, 2.05) is 0 Å². The van der Waals surface area contributed by atoms with Crippen LogP contribution in [0, 0.1) is 19.8 Å². The molecule has 1 N–H and O–H groups in total. The summed E-state index contributed by atoms with van der Waals surface area (Å²) >= 11 is 5.84. The topological polar surface area (TPSA) is 92.5 Å². The van der Waals surface area contributed by atoms with Crippen LogP contribution in [0.4, 0.5) is 5.69 Å². The maximum absolute atomic E-state index is 12.9. The molecule has 1 saturated heterocycles. The largest absolute Gasteiger partial charge is 0.360 e. The molecule has 0 radical (unpaired) electrons. The zero-order valence-electron chi connectivity index (χ0n) is 14.5. The molecule has 1 fully saturated rings. The van der Waals surface area contributed by atoms with Crippen LogP contribution in [0.25, 0.3) is 0 Å². The van der Waals surface area contributed by atoms with E-state index in [4.69, 9.17) is 16.1 Å². The van der Waals surface area contributed by atoms with Crippen LogP contribution in [-0.4, -0.2) is 36.9 Å². The smallest absolute Gasteiger partial charge is 0.248 e. The van der Waals surface area contributed by atoms with Crippen molar-refractivity contribution in [3.63, 3.8) is 0 Å². The molecule has 0 aliphatic carbocycles. The average Bonchev–Trinajstić information content (AvgIpc) is 2.96. The van der Waals surface area contributed by atoms with E-state index >= 15 is 0 Å². The van der Waals surface area contributed by atoms with E-state index in [0.717, 1.165) is 0 Å². The normalized spacial score (nSPS) is 18.7. The van der Waals surface area contributed by atoms with Crippen molar-refractivity contribution in [2.75, 3.05) is 18.4 Å². The van der Waals surface area contributed by atoms with Gasteiger partial charge in [0.2, 0.25) is 15.9 Å². The first-order valence-corrected chi connectivity index (χ1v) is 10.1. The van der Waals surface area contributed by atoms with Gasteiger partial charge in [-0.3, -0.25) is 4.79 Å². The number of nitrogens with one attached hydrogen (secondary N) is 1. The van der Waals surface area contributed by atoms with Gasteiger partial charge in [-0.2, -0.15) is 4.31 Å². The lowest BCUT2D eigenvalue weighted by molar-refractivity contribution is -0.120. The Balaban J connectivity index is 1.74. The van der Waals surface area contributed by atoms with Crippen molar-refractivity contribution in [2.45, 2.75) is 31.6 Å². The fourth-order valence-electron chi connectivity index (χ4n) is 3.12. The fraction of sp³-hybridized carbons (Fsp3) is 0.412. The minimum absolute atomic E-state index is 0.0938. The second-order valence-electron chi connectivity index (χ2n) is 6.35. The van der Waals surface area contributed by atoms with Crippen molar-refractivity contribution >= 4 is 33.2 Å². The van der Waals surface area contributed by atoms with Crippen LogP contribution in [-0.2, 0) is 14.8 Å². The molecule has 2 aromatic rings. The van der Waals surface area contributed by atoms with Gasteiger partial charge in [0.1, 0.15) is 10.6 Å². The summed E-state index contributed by atoms with van der Waals surface area (Å²) in [5, 5.41) is 7.12. The number of amides is 1. The van der Waals surface area contributed by atoms with Gasteiger partial charge in [-0.25, -0.2) is 8.42 Å². The van der Waals surface area contributed by atoms with Crippen LogP contribution in [0.5, 0.6) is 0 Å². The summed E-state index contributed by atoms with van der Waals surface area (Å²) < 4.78 is 32.2. The summed E-state index contributed by atoms with van der Waals surface area (Å²) in [6, 6.07) is 6.79. The highest BCUT2D eigenvalue weighted by atomic mass is 35.5. The second kappa shape index (κ2) is 7.38. The van der Waals surface area contributed by atoms with E-state index in [0.29, 0.717) is 35.8 Å². The zero-order chi connectivity index (χ0) is 18.9. The van der Waals surface area contributed by atoms with Gasteiger partial charge in [0, 0.05) is 23.8 Å².